The third kappa shape index (κ3) is 2.80. The van der Waals surface area contributed by atoms with Crippen molar-refractivity contribution < 1.29 is 9.47 Å². The summed E-state index contributed by atoms with van der Waals surface area (Å²) in [6.45, 7) is 3.65. The molecule has 0 spiro atoms. The Morgan fingerprint density at radius 2 is 1.95 bits per heavy atom. The van der Waals surface area contributed by atoms with E-state index in [-0.39, 0.29) is 11.6 Å². The van der Waals surface area contributed by atoms with E-state index in [2.05, 4.69) is 17.0 Å². The molecule has 3 rings (SSSR count). The Morgan fingerprint density at radius 3 is 2.62 bits per heavy atom. The summed E-state index contributed by atoms with van der Waals surface area (Å²) in [6.07, 6.45) is 4.92. The van der Waals surface area contributed by atoms with E-state index in [0.717, 1.165) is 32.1 Å². The van der Waals surface area contributed by atoms with Gasteiger partial charge in [0.15, 0.2) is 0 Å². The monoisotopic (exact) mass is 290 g/mol. The zero-order valence-corrected chi connectivity index (χ0v) is 12.9. The van der Waals surface area contributed by atoms with E-state index in [9.17, 15) is 0 Å². The zero-order valence-electron chi connectivity index (χ0n) is 12.9. The molecule has 1 aromatic rings. The van der Waals surface area contributed by atoms with Crippen LogP contribution in [0.3, 0.4) is 0 Å². The number of hydrogen-bond donors (Lipinski definition) is 1. The van der Waals surface area contributed by atoms with Gasteiger partial charge >= 0.3 is 0 Å². The second-order valence-corrected chi connectivity index (χ2v) is 6.16. The molecule has 1 saturated heterocycles. The minimum absolute atomic E-state index is 0.0354. The van der Waals surface area contributed by atoms with Gasteiger partial charge in [0.2, 0.25) is 0 Å². The first-order valence-electron chi connectivity index (χ1n) is 7.98. The normalized spacial score (nSPS) is 23.9. The molecule has 0 amide bonds. The topological polar surface area (TPSA) is 47.7 Å². The van der Waals surface area contributed by atoms with Crippen molar-refractivity contribution in [3.8, 4) is 5.75 Å². The highest BCUT2D eigenvalue weighted by Gasteiger charge is 2.45. The standard InChI is InChI=1S/C17H26N2O2/c1-20-15-6-4-5-14(13-15)16(18)17(7-2-3-8-17)19-9-11-21-12-10-19/h4-6,13,16H,2-3,7-12,18H2,1H3. The maximum atomic E-state index is 6.75. The number of nitrogens with zero attached hydrogens (tertiary/aromatic N) is 1. The first kappa shape index (κ1) is 14.8. The fraction of sp³-hybridized carbons (Fsp3) is 0.647. The predicted octanol–water partition coefficient (Wildman–Crippen LogP) is 2.34. The van der Waals surface area contributed by atoms with Crippen LogP contribution >= 0.6 is 0 Å². The van der Waals surface area contributed by atoms with Crippen LogP contribution in [-0.2, 0) is 4.74 Å². The summed E-state index contributed by atoms with van der Waals surface area (Å²) in [7, 11) is 1.71. The van der Waals surface area contributed by atoms with E-state index in [1.165, 1.54) is 31.2 Å². The van der Waals surface area contributed by atoms with Gasteiger partial charge in [-0.1, -0.05) is 25.0 Å². The van der Waals surface area contributed by atoms with Crippen LogP contribution < -0.4 is 10.5 Å². The average molecular weight is 290 g/mol. The first-order chi connectivity index (χ1) is 10.3. The molecule has 1 heterocycles. The highest BCUT2D eigenvalue weighted by Crippen LogP contribution is 2.44. The molecule has 1 atom stereocenters. The summed E-state index contributed by atoms with van der Waals surface area (Å²) in [5, 5.41) is 0. The Balaban J connectivity index is 1.88. The molecule has 4 nitrogen and oxygen atoms in total. The summed E-state index contributed by atoms with van der Waals surface area (Å²) in [5.74, 6) is 0.887. The van der Waals surface area contributed by atoms with Gasteiger partial charge in [-0.3, -0.25) is 4.90 Å². The van der Waals surface area contributed by atoms with Gasteiger partial charge in [0.05, 0.1) is 20.3 Å². The van der Waals surface area contributed by atoms with Crippen molar-refractivity contribution >= 4 is 0 Å². The molecule has 0 aromatic heterocycles. The average Bonchev–Trinajstić information content (AvgIpc) is 3.06. The van der Waals surface area contributed by atoms with E-state index in [4.69, 9.17) is 15.2 Å². The van der Waals surface area contributed by atoms with Crippen LogP contribution in [0.25, 0.3) is 0 Å². The predicted molar refractivity (Wildman–Crippen MR) is 83.5 cm³/mol. The molecule has 1 aliphatic carbocycles. The highest BCUT2D eigenvalue weighted by molar-refractivity contribution is 5.32. The van der Waals surface area contributed by atoms with Crippen molar-refractivity contribution in [3.63, 3.8) is 0 Å². The van der Waals surface area contributed by atoms with Gasteiger partial charge in [0.1, 0.15) is 5.75 Å². The molecule has 21 heavy (non-hydrogen) atoms. The highest BCUT2D eigenvalue weighted by atomic mass is 16.5. The van der Waals surface area contributed by atoms with Crippen LogP contribution in [0.2, 0.25) is 0 Å². The number of hydrogen-bond acceptors (Lipinski definition) is 4. The summed E-state index contributed by atoms with van der Waals surface area (Å²) < 4.78 is 10.9. The van der Waals surface area contributed by atoms with Gasteiger partial charge in [0, 0.05) is 24.7 Å². The summed E-state index contributed by atoms with van der Waals surface area (Å²) in [6, 6.07) is 8.27. The van der Waals surface area contributed by atoms with Gasteiger partial charge in [-0.2, -0.15) is 0 Å². The molecular weight excluding hydrogens is 264 g/mol. The lowest BCUT2D eigenvalue weighted by molar-refractivity contribution is -0.0311. The van der Waals surface area contributed by atoms with E-state index in [1.807, 2.05) is 12.1 Å². The minimum atomic E-state index is 0.0354. The van der Waals surface area contributed by atoms with Crippen LogP contribution in [-0.4, -0.2) is 43.9 Å². The number of morpholine rings is 1. The van der Waals surface area contributed by atoms with Crippen molar-refractivity contribution in [2.45, 2.75) is 37.3 Å². The maximum absolute atomic E-state index is 6.75. The molecular formula is C17H26N2O2. The van der Waals surface area contributed by atoms with Crippen LogP contribution in [0.4, 0.5) is 0 Å². The second kappa shape index (κ2) is 6.34. The molecule has 4 heteroatoms. The Hall–Kier alpha value is -1.10. The largest absolute Gasteiger partial charge is 0.497 e. The quantitative estimate of drug-likeness (QED) is 0.924. The molecule has 0 bridgehead atoms. The lowest BCUT2D eigenvalue weighted by atomic mass is 9.82. The minimum Gasteiger partial charge on any atom is -0.497 e. The Kier molecular flexibility index (Phi) is 4.48. The van der Waals surface area contributed by atoms with Gasteiger partial charge < -0.3 is 15.2 Å². The van der Waals surface area contributed by atoms with E-state index < -0.39 is 0 Å². The summed E-state index contributed by atoms with van der Waals surface area (Å²) in [5.41, 5.74) is 8.03. The smallest absolute Gasteiger partial charge is 0.119 e. The van der Waals surface area contributed by atoms with E-state index in [0.29, 0.717) is 0 Å². The van der Waals surface area contributed by atoms with Crippen LogP contribution in [0.1, 0.15) is 37.3 Å². The molecule has 1 aromatic carbocycles. The third-order valence-corrected chi connectivity index (χ3v) is 5.14. The van der Waals surface area contributed by atoms with Crippen LogP contribution in [0, 0.1) is 0 Å². The number of benzene rings is 1. The Bertz CT molecular complexity index is 466. The maximum Gasteiger partial charge on any atom is 0.119 e. The first-order valence-corrected chi connectivity index (χ1v) is 7.98. The zero-order chi connectivity index (χ0) is 14.7. The number of nitrogens with two attached hydrogens (primary N) is 1. The molecule has 1 saturated carbocycles. The summed E-state index contributed by atoms with van der Waals surface area (Å²) in [4.78, 5) is 2.58. The molecule has 2 N–H and O–H groups in total. The number of rotatable bonds is 4. The van der Waals surface area contributed by atoms with Gasteiger partial charge in [-0.05, 0) is 30.5 Å². The van der Waals surface area contributed by atoms with Gasteiger partial charge in [-0.15, -0.1) is 0 Å². The van der Waals surface area contributed by atoms with Gasteiger partial charge in [-0.25, -0.2) is 0 Å². The van der Waals surface area contributed by atoms with E-state index >= 15 is 0 Å². The molecule has 116 valence electrons. The third-order valence-electron chi connectivity index (χ3n) is 5.14. The van der Waals surface area contributed by atoms with Crippen molar-refractivity contribution in [2.24, 2.45) is 5.73 Å². The molecule has 2 aliphatic rings. The number of ether oxygens (including phenoxy) is 2. The Labute approximate surface area is 127 Å². The van der Waals surface area contributed by atoms with Crippen molar-refractivity contribution in [2.75, 3.05) is 33.4 Å². The second-order valence-electron chi connectivity index (χ2n) is 6.16. The molecule has 2 fully saturated rings. The van der Waals surface area contributed by atoms with Crippen LogP contribution in [0.15, 0.2) is 24.3 Å². The molecule has 1 unspecified atom stereocenters. The van der Waals surface area contributed by atoms with E-state index in [1.54, 1.807) is 7.11 Å². The van der Waals surface area contributed by atoms with Gasteiger partial charge in [0.25, 0.3) is 0 Å². The molecule has 0 radical (unpaired) electrons. The summed E-state index contributed by atoms with van der Waals surface area (Å²) >= 11 is 0. The van der Waals surface area contributed by atoms with Crippen molar-refractivity contribution in [1.29, 1.82) is 0 Å². The fourth-order valence-electron chi connectivity index (χ4n) is 3.97. The van der Waals surface area contributed by atoms with Crippen LogP contribution in [0.5, 0.6) is 5.75 Å². The Morgan fingerprint density at radius 1 is 1.24 bits per heavy atom. The lowest BCUT2D eigenvalue weighted by Crippen LogP contribution is -2.57. The SMILES string of the molecule is COc1cccc(C(N)C2(N3CCOCC3)CCCC2)c1. The molecule has 1 aliphatic heterocycles. The lowest BCUT2D eigenvalue weighted by Gasteiger charge is -2.47. The van der Waals surface area contributed by atoms with Crippen molar-refractivity contribution in [3.05, 3.63) is 29.8 Å². The van der Waals surface area contributed by atoms with Crippen molar-refractivity contribution in [1.82, 2.24) is 4.90 Å². The number of methoxy groups -OCH3 is 1. The fourth-order valence-corrected chi connectivity index (χ4v) is 3.97.